The highest BCUT2D eigenvalue weighted by atomic mass is 15.2. The zero-order chi connectivity index (χ0) is 16.5. The minimum absolute atomic E-state index is 0.222. The Hall–Kier alpha value is -2.37. The van der Waals surface area contributed by atoms with Crippen LogP contribution in [0.25, 0.3) is 0 Å². The number of hydrogen-bond donors (Lipinski definition) is 2. The third kappa shape index (κ3) is 5.39. The third-order valence-electron chi connectivity index (χ3n) is 3.83. The summed E-state index contributed by atoms with van der Waals surface area (Å²) in [6, 6.07) is 8.64. The first-order valence-corrected chi connectivity index (χ1v) is 8.06. The largest absolute Gasteiger partial charge is 0.356 e. The minimum atomic E-state index is 0.222. The lowest BCUT2D eigenvalue weighted by molar-refractivity contribution is 0.593. The number of guanidine groups is 1. The topological polar surface area (TPSA) is 67.1 Å². The Kier molecular flexibility index (Phi) is 6.59. The van der Waals surface area contributed by atoms with Crippen molar-refractivity contribution in [2.45, 2.75) is 39.3 Å². The maximum Gasteiger partial charge on any atom is 0.191 e. The lowest BCUT2D eigenvalue weighted by Gasteiger charge is -2.19. The van der Waals surface area contributed by atoms with Crippen molar-refractivity contribution in [1.82, 2.24) is 25.4 Å². The molecule has 2 N–H and O–H groups in total. The molecule has 1 atom stereocenters. The van der Waals surface area contributed by atoms with Gasteiger partial charge >= 0.3 is 0 Å². The number of hydrogen-bond acceptors (Lipinski definition) is 3. The van der Waals surface area contributed by atoms with Crippen molar-refractivity contribution in [3.8, 4) is 0 Å². The van der Waals surface area contributed by atoms with Crippen LogP contribution in [0.1, 0.15) is 36.9 Å². The van der Waals surface area contributed by atoms with Gasteiger partial charge < -0.3 is 15.2 Å². The Morgan fingerprint density at radius 1 is 1.22 bits per heavy atom. The van der Waals surface area contributed by atoms with Crippen molar-refractivity contribution in [2.24, 2.45) is 4.99 Å². The van der Waals surface area contributed by atoms with Gasteiger partial charge in [0.05, 0.1) is 6.04 Å². The summed E-state index contributed by atoms with van der Waals surface area (Å²) in [6.07, 6.45) is 5.64. The quantitative estimate of drug-likeness (QED) is 0.467. The van der Waals surface area contributed by atoms with Crippen LogP contribution < -0.4 is 10.6 Å². The Bertz CT molecular complexity index is 605. The second-order valence-corrected chi connectivity index (χ2v) is 5.63. The second kappa shape index (κ2) is 8.92. The number of nitrogens with one attached hydrogen (secondary N) is 2. The van der Waals surface area contributed by atoms with Crippen molar-refractivity contribution in [2.75, 3.05) is 13.6 Å². The maximum atomic E-state index is 4.30. The summed E-state index contributed by atoms with van der Waals surface area (Å²) in [7, 11) is 1.80. The van der Waals surface area contributed by atoms with Crippen molar-refractivity contribution < 1.29 is 0 Å². The highest BCUT2D eigenvalue weighted by Gasteiger charge is 2.09. The highest BCUT2D eigenvalue weighted by molar-refractivity contribution is 5.80. The van der Waals surface area contributed by atoms with E-state index in [0.29, 0.717) is 0 Å². The maximum absolute atomic E-state index is 4.30. The van der Waals surface area contributed by atoms with E-state index in [1.807, 2.05) is 4.57 Å². The molecular formula is C17H26N6. The number of rotatable bonds is 7. The first-order valence-electron chi connectivity index (χ1n) is 8.06. The predicted octanol–water partition coefficient (Wildman–Crippen LogP) is 2.29. The smallest absolute Gasteiger partial charge is 0.191 e. The average Bonchev–Trinajstić information content (AvgIpc) is 3.07. The Morgan fingerprint density at radius 3 is 2.65 bits per heavy atom. The standard InChI is InChI=1S/C17H26N6/c1-14-8-4-5-9-16(14)15(2)22-17(18-3)19-10-6-7-11-23-12-20-21-13-23/h4-5,8-9,12-13,15H,6-7,10-11H2,1-3H3,(H2,18,19,22). The SMILES string of the molecule is CN=C(NCCCCn1cnnc1)NC(C)c1ccccc1C. The van der Waals surface area contributed by atoms with E-state index in [1.54, 1.807) is 19.7 Å². The van der Waals surface area contributed by atoms with Crippen LogP contribution in [0, 0.1) is 6.92 Å². The molecule has 1 aromatic carbocycles. The van der Waals surface area contributed by atoms with Gasteiger partial charge in [0.25, 0.3) is 0 Å². The molecule has 0 aliphatic heterocycles. The van der Waals surface area contributed by atoms with E-state index in [1.165, 1.54) is 11.1 Å². The van der Waals surface area contributed by atoms with Crippen LogP contribution in [-0.4, -0.2) is 34.3 Å². The number of nitrogens with zero attached hydrogens (tertiary/aromatic N) is 4. The summed E-state index contributed by atoms with van der Waals surface area (Å²) in [4.78, 5) is 4.30. The molecule has 1 unspecified atom stereocenters. The van der Waals surface area contributed by atoms with Gasteiger partial charge in [0.1, 0.15) is 12.7 Å². The van der Waals surface area contributed by atoms with Crippen LogP contribution in [0.15, 0.2) is 41.9 Å². The molecule has 0 fully saturated rings. The van der Waals surface area contributed by atoms with Gasteiger partial charge in [-0.3, -0.25) is 4.99 Å². The lowest BCUT2D eigenvalue weighted by Crippen LogP contribution is -2.39. The molecule has 2 aromatic rings. The molecular weight excluding hydrogens is 288 g/mol. The molecule has 6 heteroatoms. The molecule has 0 amide bonds. The minimum Gasteiger partial charge on any atom is -0.356 e. The molecule has 124 valence electrons. The second-order valence-electron chi connectivity index (χ2n) is 5.63. The number of aliphatic imine (C=N–C) groups is 1. The molecule has 0 radical (unpaired) electrons. The number of benzene rings is 1. The average molecular weight is 314 g/mol. The summed E-state index contributed by atoms with van der Waals surface area (Å²) >= 11 is 0. The van der Waals surface area contributed by atoms with Crippen LogP contribution in [-0.2, 0) is 6.54 Å². The number of unbranched alkanes of at least 4 members (excludes halogenated alkanes) is 1. The molecule has 0 aliphatic rings. The molecule has 1 aromatic heterocycles. The molecule has 0 bridgehead atoms. The normalized spacial score (nSPS) is 12.9. The molecule has 6 nitrogen and oxygen atoms in total. The first kappa shape index (κ1) is 17.0. The molecule has 1 heterocycles. The van der Waals surface area contributed by atoms with Gasteiger partial charge in [-0.05, 0) is 37.8 Å². The van der Waals surface area contributed by atoms with Crippen LogP contribution in [0.3, 0.4) is 0 Å². The molecule has 0 aliphatic carbocycles. The van der Waals surface area contributed by atoms with Crippen molar-refractivity contribution in [3.05, 3.63) is 48.0 Å². The Labute approximate surface area is 138 Å². The highest BCUT2D eigenvalue weighted by Crippen LogP contribution is 2.16. The fraction of sp³-hybridized carbons (Fsp3) is 0.471. The van der Waals surface area contributed by atoms with Crippen molar-refractivity contribution in [1.29, 1.82) is 0 Å². The number of aryl methyl sites for hydroxylation is 2. The first-order chi connectivity index (χ1) is 11.2. The molecule has 23 heavy (non-hydrogen) atoms. The van der Waals surface area contributed by atoms with Gasteiger partial charge in [0.15, 0.2) is 5.96 Å². The van der Waals surface area contributed by atoms with E-state index in [-0.39, 0.29) is 6.04 Å². The number of aromatic nitrogens is 3. The molecule has 0 spiro atoms. The van der Waals surface area contributed by atoms with Gasteiger partial charge in [-0.1, -0.05) is 24.3 Å². The van der Waals surface area contributed by atoms with Crippen LogP contribution in [0.2, 0.25) is 0 Å². The van der Waals surface area contributed by atoms with Crippen LogP contribution in [0.5, 0.6) is 0 Å². The van der Waals surface area contributed by atoms with Crippen molar-refractivity contribution >= 4 is 5.96 Å². The van der Waals surface area contributed by atoms with Gasteiger partial charge in [-0.2, -0.15) is 0 Å². The van der Waals surface area contributed by atoms with E-state index in [4.69, 9.17) is 0 Å². The fourth-order valence-corrected chi connectivity index (χ4v) is 2.51. The molecule has 2 rings (SSSR count). The van der Waals surface area contributed by atoms with Gasteiger partial charge in [0.2, 0.25) is 0 Å². The monoisotopic (exact) mass is 314 g/mol. The Balaban J connectivity index is 1.72. The summed E-state index contributed by atoms with van der Waals surface area (Å²) in [5.74, 6) is 0.838. The lowest BCUT2D eigenvalue weighted by atomic mass is 10.0. The predicted molar refractivity (Wildman–Crippen MR) is 93.3 cm³/mol. The zero-order valence-electron chi connectivity index (χ0n) is 14.2. The summed E-state index contributed by atoms with van der Waals surface area (Å²) in [5, 5.41) is 14.4. The van der Waals surface area contributed by atoms with Crippen molar-refractivity contribution in [3.63, 3.8) is 0 Å². The van der Waals surface area contributed by atoms with E-state index in [0.717, 1.165) is 31.9 Å². The van der Waals surface area contributed by atoms with E-state index < -0.39 is 0 Å². The molecule has 0 saturated heterocycles. The summed E-state index contributed by atoms with van der Waals surface area (Å²) in [5.41, 5.74) is 2.58. The van der Waals surface area contributed by atoms with Gasteiger partial charge in [-0.15, -0.1) is 10.2 Å². The molecule has 0 saturated carbocycles. The van der Waals surface area contributed by atoms with Gasteiger partial charge in [0, 0.05) is 20.1 Å². The summed E-state index contributed by atoms with van der Waals surface area (Å²) < 4.78 is 1.99. The van der Waals surface area contributed by atoms with E-state index in [9.17, 15) is 0 Å². The zero-order valence-corrected chi connectivity index (χ0v) is 14.2. The van der Waals surface area contributed by atoms with Crippen LogP contribution >= 0.6 is 0 Å². The van der Waals surface area contributed by atoms with E-state index >= 15 is 0 Å². The fourth-order valence-electron chi connectivity index (χ4n) is 2.51. The van der Waals surface area contributed by atoms with E-state index in [2.05, 4.69) is 63.9 Å². The summed E-state index contributed by atoms with van der Waals surface area (Å²) in [6.45, 7) is 6.12. The van der Waals surface area contributed by atoms with Gasteiger partial charge in [-0.25, -0.2) is 0 Å². The Morgan fingerprint density at radius 2 is 1.96 bits per heavy atom. The van der Waals surface area contributed by atoms with Crippen LogP contribution in [0.4, 0.5) is 0 Å². The third-order valence-corrected chi connectivity index (χ3v) is 3.83.